The number of methoxy groups -OCH3 is 1. The fourth-order valence-corrected chi connectivity index (χ4v) is 5.67. The predicted octanol–water partition coefficient (Wildman–Crippen LogP) is 3.28. The van der Waals surface area contributed by atoms with Gasteiger partial charge < -0.3 is 26.0 Å². The van der Waals surface area contributed by atoms with Gasteiger partial charge in [0.25, 0.3) is 5.91 Å². The van der Waals surface area contributed by atoms with Crippen LogP contribution >= 0.6 is 0 Å². The molecule has 2 atom stereocenters. The molecule has 39 heavy (non-hydrogen) atoms. The van der Waals surface area contributed by atoms with Crippen LogP contribution in [0.3, 0.4) is 0 Å². The minimum absolute atomic E-state index is 0.0541. The van der Waals surface area contributed by atoms with Crippen LogP contribution in [-0.2, 0) is 11.3 Å². The standard InChI is InChI=1S/C29H33FN6O3/c1-32-28(37)20-9-7-19(8-10-20)27-35-24(25-26(31)33-13-14-36(25)27)18-5-3-17(4-6-18)16-34-29(38)22-15-21(30)11-12-23(22)39-2/h3-6,11-15,19-20,24-25H,7-10,16H2,1-2H3,(H2,31,33)(H,32,37)(H,34,38). The van der Waals surface area contributed by atoms with Gasteiger partial charge in [-0.05, 0) is 55.0 Å². The van der Waals surface area contributed by atoms with E-state index in [4.69, 9.17) is 15.5 Å². The summed E-state index contributed by atoms with van der Waals surface area (Å²) in [5.41, 5.74) is 8.39. The molecule has 0 radical (unpaired) electrons. The van der Waals surface area contributed by atoms with E-state index in [9.17, 15) is 14.0 Å². The van der Waals surface area contributed by atoms with Crippen molar-refractivity contribution in [2.24, 2.45) is 27.6 Å². The number of carbonyl (C=O) groups excluding carboxylic acids is 2. The summed E-state index contributed by atoms with van der Waals surface area (Å²) in [5, 5.41) is 5.59. The molecule has 0 aromatic heterocycles. The van der Waals surface area contributed by atoms with Crippen LogP contribution in [0.5, 0.6) is 5.75 Å². The van der Waals surface area contributed by atoms with Crippen molar-refractivity contribution in [2.75, 3.05) is 14.2 Å². The number of hydrogen-bond acceptors (Lipinski definition) is 7. The highest BCUT2D eigenvalue weighted by atomic mass is 19.1. The van der Waals surface area contributed by atoms with Crippen LogP contribution in [0.4, 0.5) is 4.39 Å². The number of amidine groups is 2. The lowest BCUT2D eigenvalue weighted by atomic mass is 9.80. The minimum atomic E-state index is -0.504. The van der Waals surface area contributed by atoms with Gasteiger partial charge in [0.1, 0.15) is 35.3 Å². The summed E-state index contributed by atoms with van der Waals surface area (Å²) < 4.78 is 18.9. The lowest BCUT2D eigenvalue weighted by molar-refractivity contribution is -0.125. The van der Waals surface area contributed by atoms with Crippen LogP contribution in [0.25, 0.3) is 0 Å². The van der Waals surface area contributed by atoms with E-state index in [2.05, 4.69) is 20.5 Å². The van der Waals surface area contributed by atoms with Gasteiger partial charge in [-0.25, -0.2) is 9.38 Å². The zero-order chi connectivity index (χ0) is 27.5. The molecule has 2 unspecified atom stereocenters. The largest absolute Gasteiger partial charge is 0.496 e. The van der Waals surface area contributed by atoms with Gasteiger partial charge in [-0.15, -0.1) is 0 Å². The summed E-state index contributed by atoms with van der Waals surface area (Å²) >= 11 is 0. The van der Waals surface area contributed by atoms with Crippen molar-refractivity contribution in [1.29, 1.82) is 0 Å². The Morgan fingerprint density at radius 1 is 1.13 bits per heavy atom. The highest BCUT2D eigenvalue weighted by Crippen LogP contribution is 2.39. The molecule has 10 heteroatoms. The number of benzene rings is 2. The monoisotopic (exact) mass is 532 g/mol. The summed E-state index contributed by atoms with van der Waals surface area (Å²) in [4.78, 5) is 36.4. The minimum Gasteiger partial charge on any atom is -0.496 e. The second kappa shape index (κ2) is 11.3. The predicted molar refractivity (Wildman–Crippen MR) is 147 cm³/mol. The van der Waals surface area contributed by atoms with Crippen LogP contribution in [-0.4, -0.2) is 48.6 Å². The van der Waals surface area contributed by atoms with Crippen LogP contribution in [0.1, 0.15) is 53.2 Å². The molecule has 1 fully saturated rings. The van der Waals surface area contributed by atoms with E-state index >= 15 is 0 Å². The highest BCUT2D eigenvalue weighted by Gasteiger charge is 2.43. The van der Waals surface area contributed by atoms with E-state index in [0.29, 0.717) is 11.6 Å². The lowest BCUT2D eigenvalue weighted by Crippen LogP contribution is -2.47. The van der Waals surface area contributed by atoms with E-state index in [1.807, 2.05) is 30.5 Å². The number of nitrogens with two attached hydrogens (primary N) is 1. The second-order valence-electron chi connectivity index (χ2n) is 10.1. The Hall–Kier alpha value is -4.21. The van der Waals surface area contributed by atoms with Gasteiger partial charge in [-0.3, -0.25) is 14.6 Å². The zero-order valence-corrected chi connectivity index (χ0v) is 22.1. The fraction of sp³-hybridized carbons (Fsp3) is 0.379. The molecular formula is C29H33FN6O3. The maximum absolute atomic E-state index is 13.7. The highest BCUT2D eigenvalue weighted by molar-refractivity contribution is 5.98. The first-order valence-corrected chi connectivity index (χ1v) is 13.2. The molecule has 0 bridgehead atoms. The number of rotatable bonds is 7. The molecule has 0 saturated heterocycles. The molecule has 2 amide bonds. The molecule has 3 aliphatic rings. The van der Waals surface area contributed by atoms with Gasteiger partial charge >= 0.3 is 0 Å². The number of halogens is 1. The summed E-state index contributed by atoms with van der Waals surface area (Å²) in [6.45, 7) is 0.272. The van der Waals surface area contributed by atoms with Gasteiger partial charge in [0.15, 0.2) is 0 Å². The Labute approximate surface area is 227 Å². The first-order chi connectivity index (χ1) is 18.9. The maximum atomic E-state index is 13.7. The number of fused-ring (bicyclic) bond motifs is 1. The molecule has 0 spiro atoms. The summed E-state index contributed by atoms with van der Waals surface area (Å²) in [5.74, 6) is 1.32. The second-order valence-corrected chi connectivity index (χ2v) is 10.1. The molecule has 5 rings (SSSR count). The van der Waals surface area contributed by atoms with Gasteiger partial charge in [0.05, 0.1) is 12.7 Å². The topological polar surface area (TPSA) is 121 Å². The van der Waals surface area contributed by atoms with Gasteiger partial charge in [-0.2, -0.15) is 0 Å². The number of nitrogens with zero attached hydrogens (tertiary/aromatic N) is 3. The summed E-state index contributed by atoms with van der Waals surface area (Å²) in [6.07, 6.45) is 7.11. The average Bonchev–Trinajstić information content (AvgIpc) is 3.37. The van der Waals surface area contributed by atoms with E-state index in [0.717, 1.165) is 48.7 Å². The number of hydrogen-bond donors (Lipinski definition) is 3. The molecule has 204 valence electrons. The number of nitrogens with one attached hydrogen (secondary N) is 2. The van der Waals surface area contributed by atoms with Crippen molar-refractivity contribution >= 4 is 23.5 Å². The van der Waals surface area contributed by atoms with Crippen molar-refractivity contribution in [1.82, 2.24) is 15.5 Å². The summed E-state index contributed by atoms with van der Waals surface area (Å²) in [6, 6.07) is 11.3. The number of ether oxygens (including phenoxy) is 1. The Bertz CT molecular complexity index is 1330. The molecule has 9 nitrogen and oxygen atoms in total. The lowest BCUT2D eigenvalue weighted by Gasteiger charge is -2.34. The van der Waals surface area contributed by atoms with Crippen molar-refractivity contribution in [2.45, 2.75) is 44.3 Å². The van der Waals surface area contributed by atoms with Crippen molar-refractivity contribution < 1.29 is 18.7 Å². The SMILES string of the molecule is CNC(=O)C1CCC(C2=NC(c3ccc(CNC(=O)c4cc(F)ccc4OC)cc3)C3C(N)=NC=CN23)CC1. The zero-order valence-electron chi connectivity index (χ0n) is 22.1. The molecular weight excluding hydrogens is 499 g/mol. The van der Waals surface area contributed by atoms with Crippen molar-refractivity contribution in [3.05, 3.63) is 77.4 Å². The van der Waals surface area contributed by atoms with Gasteiger partial charge in [0.2, 0.25) is 5.91 Å². The molecule has 2 aromatic carbocycles. The van der Waals surface area contributed by atoms with Crippen LogP contribution in [0.15, 0.2) is 64.8 Å². The van der Waals surface area contributed by atoms with Crippen LogP contribution < -0.4 is 21.1 Å². The Morgan fingerprint density at radius 3 is 2.56 bits per heavy atom. The quantitative estimate of drug-likeness (QED) is 0.505. The number of amides is 2. The van der Waals surface area contributed by atoms with Crippen molar-refractivity contribution in [3.8, 4) is 5.75 Å². The first kappa shape index (κ1) is 26.4. The molecule has 4 N–H and O–H groups in total. The third-order valence-electron chi connectivity index (χ3n) is 7.78. The molecule has 2 aliphatic heterocycles. The van der Waals surface area contributed by atoms with Crippen molar-refractivity contribution in [3.63, 3.8) is 0 Å². The number of aliphatic imine (C=N–C) groups is 2. The Morgan fingerprint density at radius 2 is 1.87 bits per heavy atom. The third-order valence-corrected chi connectivity index (χ3v) is 7.78. The maximum Gasteiger partial charge on any atom is 0.255 e. The third kappa shape index (κ3) is 5.36. The van der Waals surface area contributed by atoms with E-state index in [1.165, 1.54) is 19.2 Å². The van der Waals surface area contributed by atoms with E-state index in [-0.39, 0.29) is 41.9 Å². The summed E-state index contributed by atoms with van der Waals surface area (Å²) in [7, 11) is 3.13. The fourth-order valence-electron chi connectivity index (χ4n) is 5.67. The number of carbonyl (C=O) groups is 2. The van der Waals surface area contributed by atoms with Gasteiger partial charge in [0, 0.05) is 37.8 Å². The van der Waals surface area contributed by atoms with E-state index in [1.54, 1.807) is 13.2 Å². The molecule has 1 saturated carbocycles. The van der Waals surface area contributed by atoms with Gasteiger partial charge in [-0.1, -0.05) is 24.3 Å². The molecule has 2 aromatic rings. The molecule has 2 heterocycles. The first-order valence-electron chi connectivity index (χ1n) is 13.2. The van der Waals surface area contributed by atoms with Crippen LogP contribution in [0.2, 0.25) is 0 Å². The smallest absolute Gasteiger partial charge is 0.255 e. The normalized spacial score (nSPS) is 23.9. The van der Waals surface area contributed by atoms with Crippen LogP contribution in [0, 0.1) is 17.7 Å². The average molecular weight is 533 g/mol. The Balaban J connectivity index is 1.29. The Kier molecular flexibility index (Phi) is 7.63. The molecule has 1 aliphatic carbocycles. The van der Waals surface area contributed by atoms with E-state index < -0.39 is 11.7 Å².